The molecular weight excluding hydrogens is 218 g/mol. The summed E-state index contributed by atoms with van der Waals surface area (Å²) in [6.45, 7) is 5.58. The zero-order valence-corrected chi connectivity index (χ0v) is 10.7. The Hall–Kier alpha value is -1.55. The van der Waals surface area contributed by atoms with Crippen LogP contribution in [0.25, 0.3) is 0 Å². The molecule has 0 saturated heterocycles. The molecule has 0 aliphatic heterocycles. The Labute approximate surface area is 102 Å². The summed E-state index contributed by atoms with van der Waals surface area (Å²) in [5.74, 6) is 1.14. The van der Waals surface area contributed by atoms with Gasteiger partial charge in [0.1, 0.15) is 0 Å². The lowest BCUT2D eigenvalue weighted by Crippen LogP contribution is -2.40. The van der Waals surface area contributed by atoms with E-state index in [4.69, 9.17) is 15.2 Å². The van der Waals surface area contributed by atoms with Crippen LogP contribution in [0.4, 0.5) is 0 Å². The fraction of sp³-hybridized carbons (Fsp3) is 0.462. The number of methoxy groups -OCH3 is 1. The van der Waals surface area contributed by atoms with Crippen LogP contribution >= 0.6 is 0 Å². The van der Waals surface area contributed by atoms with Crippen molar-refractivity contribution < 1.29 is 14.3 Å². The molecule has 1 unspecified atom stereocenters. The zero-order chi connectivity index (χ0) is 13.1. The van der Waals surface area contributed by atoms with Gasteiger partial charge in [-0.2, -0.15) is 0 Å². The Balaban J connectivity index is 3.20. The smallest absolute Gasteiger partial charge is 0.161 e. The van der Waals surface area contributed by atoms with Crippen LogP contribution in [0.3, 0.4) is 0 Å². The summed E-state index contributed by atoms with van der Waals surface area (Å²) in [5, 5.41) is 0. The van der Waals surface area contributed by atoms with E-state index in [0.717, 1.165) is 0 Å². The largest absolute Gasteiger partial charge is 0.493 e. The molecule has 4 nitrogen and oxygen atoms in total. The van der Waals surface area contributed by atoms with E-state index in [1.54, 1.807) is 32.2 Å². The predicted octanol–water partition coefficient (Wildman–Crippen LogP) is 1.86. The summed E-state index contributed by atoms with van der Waals surface area (Å²) in [6.07, 6.45) is 0. The van der Waals surface area contributed by atoms with Crippen molar-refractivity contribution in [3.05, 3.63) is 23.8 Å². The molecule has 0 bridgehead atoms. The lowest BCUT2D eigenvalue weighted by molar-refractivity contribution is -0.121. The molecule has 0 aromatic heterocycles. The monoisotopic (exact) mass is 237 g/mol. The van der Waals surface area contributed by atoms with Crippen molar-refractivity contribution in [3.8, 4) is 11.5 Å². The molecule has 1 aromatic rings. The summed E-state index contributed by atoms with van der Waals surface area (Å²) in [5.41, 5.74) is 5.71. The Morgan fingerprint density at radius 3 is 2.53 bits per heavy atom. The van der Waals surface area contributed by atoms with Gasteiger partial charge < -0.3 is 15.2 Å². The van der Waals surface area contributed by atoms with E-state index in [-0.39, 0.29) is 5.78 Å². The average Bonchev–Trinajstić information content (AvgIpc) is 2.29. The Bertz CT molecular complexity index is 413. The SMILES string of the molecule is CCOc1cc(C(C)(N)C(C)=O)ccc1OC. The number of carbonyl (C=O) groups is 1. The number of hydrogen-bond acceptors (Lipinski definition) is 4. The van der Waals surface area contributed by atoms with Gasteiger partial charge in [0.05, 0.1) is 19.3 Å². The number of nitrogens with two attached hydrogens (primary N) is 1. The van der Waals surface area contributed by atoms with Gasteiger partial charge in [-0.05, 0) is 38.5 Å². The summed E-state index contributed by atoms with van der Waals surface area (Å²) < 4.78 is 10.6. The number of benzene rings is 1. The maximum atomic E-state index is 11.5. The first-order chi connectivity index (χ1) is 7.93. The lowest BCUT2D eigenvalue weighted by Gasteiger charge is -2.23. The second-order valence-electron chi connectivity index (χ2n) is 4.06. The highest BCUT2D eigenvalue weighted by molar-refractivity contribution is 5.87. The molecule has 0 spiro atoms. The average molecular weight is 237 g/mol. The molecule has 0 fully saturated rings. The van der Waals surface area contributed by atoms with E-state index < -0.39 is 5.54 Å². The Kier molecular flexibility index (Phi) is 4.12. The molecule has 94 valence electrons. The molecule has 2 N–H and O–H groups in total. The fourth-order valence-electron chi connectivity index (χ4n) is 1.47. The molecule has 0 aliphatic rings. The van der Waals surface area contributed by atoms with Crippen molar-refractivity contribution in [2.75, 3.05) is 13.7 Å². The van der Waals surface area contributed by atoms with Gasteiger partial charge in [-0.1, -0.05) is 6.07 Å². The van der Waals surface area contributed by atoms with E-state index >= 15 is 0 Å². The number of carbonyl (C=O) groups excluding carboxylic acids is 1. The van der Waals surface area contributed by atoms with Crippen molar-refractivity contribution in [2.24, 2.45) is 5.73 Å². The highest BCUT2D eigenvalue weighted by Crippen LogP contribution is 2.31. The molecule has 0 saturated carbocycles. The highest BCUT2D eigenvalue weighted by atomic mass is 16.5. The molecule has 1 atom stereocenters. The van der Waals surface area contributed by atoms with E-state index in [9.17, 15) is 4.79 Å². The normalized spacial score (nSPS) is 13.9. The zero-order valence-electron chi connectivity index (χ0n) is 10.7. The third-order valence-corrected chi connectivity index (χ3v) is 2.79. The molecule has 0 aliphatic carbocycles. The first-order valence-corrected chi connectivity index (χ1v) is 5.54. The second-order valence-corrected chi connectivity index (χ2v) is 4.06. The van der Waals surface area contributed by atoms with Crippen molar-refractivity contribution in [1.29, 1.82) is 0 Å². The number of rotatable bonds is 5. The van der Waals surface area contributed by atoms with Crippen LogP contribution < -0.4 is 15.2 Å². The van der Waals surface area contributed by atoms with Gasteiger partial charge in [-0.15, -0.1) is 0 Å². The summed E-state index contributed by atoms with van der Waals surface area (Å²) in [6, 6.07) is 5.29. The standard InChI is InChI=1S/C13H19NO3/c1-5-17-12-8-10(6-7-11(12)16-4)13(3,14)9(2)15/h6-8H,5,14H2,1-4H3. The maximum Gasteiger partial charge on any atom is 0.161 e. The summed E-state index contributed by atoms with van der Waals surface area (Å²) in [7, 11) is 1.57. The van der Waals surface area contributed by atoms with Crippen molar-refractivity contribution >= 4 is 5.78 Å². The minimum Gasteiger partial charge on any atom is -0.493 e. The van der Waals surface area contributed by atoms with Crippen molar-refractivity contribution in [3.63, 3.8) is 0 Å². The number of ketones is 1. The maximum absolute atomic E-state index is 11.5. The number of hydrogen-bond donors (Lipinski definition) is 1. The number of Topliss-reactive ketones (excluding diaryl/α,β-unsaturated/α-hetero) is 1. The molecule has 1 aromatic carbocycles. The van der Waals surface area contributed by atoms with Crippen LogP contribution in [-0.2, 0) is 10.3 Å². The van der Waals surface area contributed by atoms with Gasteiger partial charge in [0.2, 0.25) is 0 Å². The molecule has 0 amide bonds. The van der Waals surface area contributed by atoms with Gasteiger partial charge >= 0.3 is 0 Å². The third kappa shape index (κ3) is 2.77. The predicted molar refractivity (Wildman–Crippen MR) is 66.4 cm³/mol. The van der Waals surface area contributed by atoms with Crippen LogP contribution in [0, 0.1) is 0 Å². The first kappa shape index (κ1) is 13.5. The van der Waals surface area contributed by atoms with Crippen LogP contribution in [0.5, 0.6) is 11.5 Å². The van der Waals surface area contributed by atoms with Crippen LogP contribution in [0.2, 0.25) is 0 Å². The number of ether oxygens (including phenoxy) is 2. The highest BCUT2D eigenvalue weighted by Gasteiger charge is 2.27. The minimum atomic E-state index is -1.00. The van der Waals surface area contributed by atoms with Gasteiger partial charge in [0.15, 0.2) is 17.3 Å². The van der Waals surface area contributed by atoms with Crippen molar-refractivity contribution in [1.82, 2.24) is 0 Å². The minimum absolute atomic E-state index is 0.0925. The molecule has 0 heterocycles. The molecule has 17 heavy (non-hydrogen) atoms. The van der Waals surface area contributed by atoms with Gasteiger partial charge in [0.25, 0.3) is 0 Å². The molecule has 1 rings (SSSR count). The third-order valence-electron chi connectivity index (χ3n) is 2.79. The quantitative estimate of drug-likeness (QED) is 0.849. The van der Waals surface area contributed by atoms with Gasteiger partial charge in [-0.25, -0.2) is 0 Å². The summed E-state index contributed by atoms with van der Waals surface area (Å²) in [4.78, 5) is 11.5. The van der Waals surface area contributed by atoms with Gasteiger partial charge in [0, 0.05) is 0 Å². The lowest BCUT2D eigenvalue weighted by atomic mass is 9.89. The topological polar surface area (TPSA) is 61.5 Å². The van der Waals surface area contributed by atoms with Crippen LogP contribution in [0.1, 0.15) is 26.3 Å². The summed E-state index contributed by atoms with van der Waals surface area (Å²) >= 11 is 0. The van der Waals surface area contributed by atoms with E-state index in [1.165, 1.54) is 6.92 Å². The van der Waals surface area contributed by atoms with Crippen LogP contribution in [-0.4, -0.2) is 19.5 Å². The molecule has 0 radical (unpaired) electrons. The fourth-order valence-corrected chi connectivity index (χ4v) is 1.47. The molecular formula is C13H19NO3. The molecule has 4 heteroatoms. The first-order valence-electron chi connectivity index (χ1n) is 5.54. The Morgan fingerprint density at radius 2 is 2.06 bits per heavy atom. The Morgan fingerprint density at radius 1 is 1.41 bits per heavy atom. The van der Waals surface area contributed by atoms with Crippen LogP contribution in [0.15, 0.2) is 18.2 Å². The van der Waals surface area contributed by atoms with Crippen molar-refractivity contribution in [2.45, 2.75) is 26.3 Å². The second kappa shape index (κ2) is 5.19. The van der Waals surface area contributed by atoms with E-state index in [2.05, 4.69) is 0 Å². The van der Waals surface area contributed by atoms with E-state index in [0.29, 0.717) is 23.7 Å². The van der Waals surface area contributed by atoms with E-state index in [1.807, 2.05) is 6.92 Å². The van der Waals surface area contributed by atoms with Gasteiger partial charge in [-0.3, -0.25) is 4.79 Å².